The number of alkyl halides is 2. The van der Waals surface area contributed by atoms with Crippen molar-refractivity contribution in [3.05, 3.63) is 54.5 Å². The van der Waals surface area contributed by atoms with Crippen molar-refractivity contribution in [3.8, 4) is 16.9 Å². The molecule has 27 heavy (non-hydrogen) atoms. The van der Waals surface area contributed by atoms with Crippen molar-refractivity contribution in [1.82, 2.24) is 15.3 Å². The minimum Gasteiger partial charge on any atom is -0.492 e. The molecule has 3 aromatic rings. The fraction of sp³-hybridized carbons (Fsp3) is 0.250. The van der Waals surface area contributed by atoms with Crippen LogP contribution in [0.1, 0.15) is 18.5 Å². The Balaban J connectivity index is 1.66. The van der Waals surface area contributed by atoms with Crippen LogP contribution in [0.3, 0.4) is 0 Å². The summed E-state index contributed by atoms with van der Waals surface area (Å²) >= 11 is 0. The Hall–Kier alpha value is -3.09. The van der Waals surface area contributed by atoms with Crippen molar-refractivity contribution in [2.75, 3.05) is 13.2 Å². The van der Waals surface area contributed by atoms with Gasteiger partial charge >= 0.3 is 0 Å². The van der Waals surface area contributed by atoms with Crippen molar-refractivity contribution in [1.29, 1.82) is 0 Å². The van der Waals surface area contributed by atoms with Gasteiger partial charge in [-0.15, -0.1) is 0 Å². The van der Waals surface area contributed by atoms with Gasteiger partial charge in [-0.25, -0.2) is 8.78 Å². The van der Waals surface area contributed by atoms with Crippen LogP contribution in [-0.2, 0) is 4.79 Å². The number of fused-ring (bicyclic) bond motifs is 1. The van der Waals surface area contributed by atoms with Crippen LogP contribution in [0.5, 0.6) is 5.75 Å². The third kappa shape index (κ3) is 3.72. The van der Waals surface area contributed by atoms with E-state index in [1.165, 1.54) is 12.3 Å². The first-order valence-electron chi connectivity index (χ1n) is 8.63. The average molecular weight is 369 g/mol. The first-order chi connectivity index (χ1) is 13.1. The van der Waals surface area contributed by atoms with Crippen LogP contribution < -0.4 is 10.1 Å². The van der Waals surface area contributed by atoms with E-state index < -0.39 is 6.43 Å². The van der Waals surface area contributed by atoms with E-state index in [0.29, 0.717) is 30.9 Å². The maximum atomic E-state index is 12.7. The molecule has 1 fully saturated rings. The molecule has 1 unspecified atom stereocenters. The van der Waals surface area contributed by atoms with Crippen LogP contribution in [0.4, 0.5) is 8.78 Å². The molecule has 1 saturated heterocycles. The lowest BCUT2D eigenvalue weighted by Crippen LogP contribution is -2.16. The highest BCUT2D eigenvalue weighted by Gasteiger charge is 2.22. The fourth-order valence-electron chi connectivity index (χ4n) is 3.13. The first-order valence-corrected chi connectivity index (χ1v) is 8.63. The van der Waals surface area contributed by atoms with Crippen LogP contribution in [-0.4, -0.2) is 29.0 Å². The van der Waals surface area contributed by atoms with Gasteiger partial charge in [0.15, 0.2) is 0 Å². The summed E-state index contributed by atoms with van der Waals surface area (Å²) in [5.74, 6) is 0.807. The molecule has 4 rings (SSSR count). The molecule has 2 aromatic heterocycles. The van der Waals surface area contributed by atoms with Crippen molar-refractivity contribution in [2.24, 2.45) is 5.92 Å². The number of benzene rings is 1. The van der Waals surface area contributed by atoms with Crippen LogP contribution in [0.15, 0.2) is 48.8 Å². The van der Waals surface area contributed by atoms with E-state index in [0.717, 1.165) is 16.5 Å². The van der Waals surface area contributed by atoms with E-state index in [2.05, 4.69) is 15.3 Å². The Bertz CT molecular complexity index is 977. The lowest BCUT2D eigenvalue weighted by molar-refractivity contribution is -0.119. The highest BCUT2D eigenvalue weighted by atomic mass is 19.3. The van der Waals surface area contributed by atoms with Gasteiger partial charge in [-0.05, 0) is 35.9 Å². The molecule has 5 nitrogen and oxygen atoms in total. The molecular formula is C20H17F2N3O2. The lowest BCUT2D eigenvalue weighted by atomic mass is 10.0. The van der Waals surface area contributed by atoms with Crippen molar-refractivity contribution < 1.29 is 18.3 Å². The van der Waals surface area contributed by atoms with Crippen LogP contribution in [0.25, 0.3) is 22.0 Å². The average Bonchev–Trinajstić information content (AvgIpc) is 3.11. The molecule has 1 amide bonds. The summed E-state index contributed by atoms with van der Waals surface area (Å²) in [6, 6.07) is 10.4. The molecule has 0 spiro atoms. The van der Waals surface area contributed by atoms with E-state index in [4.69, 9.17) is 4.74 Å². The van der Waals surface area contributed by atoms with E-state index in [9.17, 15) is 13.6 Å². The van der Waals surface area contributed by atoms with Gasteiger partial charge in [-0.1, -0.05) is 6.07 Å². The SMILES string of the molecule is O=C1CC(COc2cc(-c3ccc(C(F)F)nc3)cc3ncccc23)CN1. The second kappa shape index (κ2) is 7.26. The zero-order chi connectivity index (χ0) is 18.8. The van der Waals surface area contributed by atoms with Gasteiger partial charge < -0.3 is 10.1 Å². The summed E-state index contributed by atoms with van der Waals surface area (Å²) in [7, 11) is 0. The number of amides is 1. The van der Waals surface area contributed by atoms with Crippen LogP contribution in [0.2, 0.25) is 0 Å². The van der Waals surface area contributed by atoms with Gasteiger partial charge in [-0.3, -0.25) is 14.8 Å². The summed E-state index contributed by atoms with van der Waals surface area (Å²) in [5, 5.41) is 3.65. The number of nitrogens with one attached hydrogen (secondary N) is 1. The Morgan fingerprint density at radius 2 is 2.07 bits per heavy atom. The van der Waals surface area contributed by atoms with E-state index in [1.807, 2.05) is 24.3 Å². The third-order valence-electron chi connectivity index (χ3n) is 4.56. The second-order valence-electron chi connectivity index (χ2n) is 6.50. The lowest BCUT2D eigenvalue weighted by Gasteiger charge is -2.14. The summed E-state index contributed by atoms with van der Waals surface area (Å²) < 4.78 is 31.5. The van der Waals surface area contributed by atoms with E-state index in [1.54, 1.807) is 12.3 Å². The van der Waals surface area contributed by atoms with E-state index in [-0.39, 0.29) is 17.5 Å². The number of hydrogen-bond donors (Lipinski definition) is 1. The Labute approximate surface area is 154 Å². The van der Waals surface area contributed by atoms with Gasteiger partial charge in [0.2, 0.25) is 5.91 Å². The number of pyridine rings is 2. The number of hydrogen-bond acceptors (Lipinski definition) is 4. The van der Waals surface area contributed by atoms with Crippen molar-refractivity contribution in [3.63, 3.8) is 0 Å². The number of rotatable bonds is 5. The van der Waals surface area contributed by atoms with Gasteiger partial charge in [0.25, 0.3) is 6.43 Å². The molecule has 1 aliphatic rings. The molecular weight excluding hydrogens is 352 g/mol. The predicted octanol–water partition coefficient (Wildman–Crippen LogP) is 3.75. The molecule has 7 heteroatoms. The molecule has 0 radical (unpaired) electrons. The van der Waals surface area contributed by atoms with Gasteiger partial charge in [0.05, 0.1) is 12.1 Å². The monoisotopic (exact) mass is 369 g/mol. The Kier molecular flexibility index (Phi) is 4.66. The van der Waals surface area contributed by atoms with Crippen LogP contribution in [0, 0.1) is 5.92 Å². The summed E-state index contributed by atoms with van der Waals surface area (Å²) in [6.45, 7) is 1.02. The highest BCUT2D eigenvalue weighted by Crippen LogP contribution is 2.32. The summed E-state index contributed by atoms with van der Waals surface area (Å²) in [5.41, 5.74) is 1.97. The van der Waals surface area contributed by atoms with Crippen molar-refractivity contribution in [2.45, 2.75) is 12.8 Å². The standard InChI is InChI=1S/C20H17F2N3O2/c21-20(22)16-4-3-13(10-24-16)14-7-17-15(2-1-5-23-17)18(8-14)27-11-12-6-19(26)25-9-12/h1-5,7-8,10,12,20H,6,9,11H2,(H,25,26). The number of aromatic nitrogens is 2. The summed E-state index contributed by atoms with van der Waals surface area (Å²) in [6.07, 6.45) is 0.969. The molecule has 1 aliphatic heterocycles. The topological polar surface area (TPSA) is 64.1 Å². The molecule has 0 saturated carbocycles. The molecule has 1 N–H and O–H groups in total. The molecule has 3 heterocycles. The number of nitrogens with zero attached hydrogens (tertiary/aromatic N) is 2. The molecule has 1 aromatic carbocycles. The molecule has 1 atom stereocenters. The maximum Gasteiger partial charge on any atom is 0.280 e. The number of carbonyl (C=O) groups excluding carboxylic acids is 1. The molecule has 138 valence electrons. The number of carbonyl (C=O) groups is 1. The molecule has 0 aliphatic carbocycles. The zero-order valence-corrected chi connectivity index (χ0v) is 14.4. The Morgan fingerprint density at radius 1 is 1.19 bits per heavy atom. The smallest absolute Gasteiger partial charge is 0.280 e. The third-order valence-corrected chi connectivity index (χ3v) is 4.56. The highest BCUT2D eigenvalue weighted by molar-refractivity contribution is 5.90. The minimum absolute atomic E-state index is 0.0362. The predicted molar refractivity (Wildman–Crippen MR) is 96.5 cm³/mol. The normalized spacial score (nSPS) is 16.7. The largest absolute Gasteiger partial charge is 0.492 e. The van der Waals surface area contributed by atoms with Gasteiger partial charge in [0.1, 0.15) is 11.4 Å². The first kappa shape index (κ1) is 17.3. The maximum absolute atomic E-state index is 12.7. The fourth-order valence-corrected chi connectivity index (χ4v) is 3.13. The molecule has 0 bridgehead atoms. The number of ether oxygens (including phenoxy) is 1. The Morgan fingerprint density at radius 3 is 2.78 bits per heavy atom. The zero-order valence-electron chi connectivity index (χ0n) is 14.4. The second-order valence-corrected chi connectivity index (χ2v) is 6.50. The van der Waals surface area contributed by atoms with Gasteiger partial charge in [0, 0.05) is 42.2 Å². The minimum atomic E-state index is -2.60. The summed E-state index contributed by atoms with van der Waals surface area (Å²) in [4.78, 5) is 19.6. The quantitative estimate of drug-likeness (QED) is 0.744. The van der Waals surface area contributed by atoms with Crippen molar-refractivity contribution >= 4 is 16.8 Å². The van der Waals surface area contributed by atoms with E-state index >= 15 is 0 Å². The van der Waals surface area contributed by atoms with Crippen LogP contribution >= 0.6 is 0 Å². The number of halogens is 2. The van der Waals surface area contributed by atoms with Gasteiger partial charge in [-0.2, -0.15) is 0 Å².